The smallest absolute Gasteiger partial charge is 0.233 e. The van der Waals surface area contributed by atoms with Crippen LogP contribution in [0.1, 0.15) is 46.8 Å². The average molecular weight is 230 g/mol. The van der Waals surface area contributed by atoms with E-state index in [-0.39, 0.29) is 11.7 Å². The largest absolute Gasteiger partial charge is 0.508 e. The summed E-state index contributed by atoms with van der Waals surface area (Å²) in [4.78, 5) is 23.2. The Labute approximate surface area is 99.8 Å². The van der Waals surface area contributed by atoms with E-state index in [2.05, 4.69) is 0 Å². The number of hydrogen-bond acceptors (Lipinski definition) is 3. The standard InChI is InChI=1S/C14H14O3/c1-7(2)12-9-4-5-10(15)14(17)13(9)8(3)6-11(12)16/h4-7,16H,1-3H3. The minimum Gasteiger partial charge on any atom is -0.508 e. The van der Waals surface area contributed by atoms with Gasteiger partial charge in [0.1, 0.15) is 5.75 Å². The Morgan fingerprint density at radius 3 is 2.41 bits per heavy atom. The van der Waals surface area contributed by atoms with Crippen LogP contribution in [-0.2, 0) is 4.79 Å². The maximum absolute atomic E-state index is 11.8. The second-order valence-electron chi connectivity index (χ2n) is 4.60. The molecule has 0 saturated carbocycles. The van der Waals surface area contributed by atoms with E-state index in [9.17, 15) is 14.7 Å². The molecule has 0 unspecified atom stereocenters. The predicted octanol–water partition coefficient (Wildman–Crippen LogP) is 2.60. The van der Waals surface area contributed by atoms with Crippen LogP contribution in [0.25, 0.3) is 6.08 Å². The number of aromatic hydroxyl groups is 1. The summed E-state index contributed by atoms with van der Waals surface area (Å²) in [5, 5.41) is 9.94. The third-order valence-corrected chi connectivity index (χ3v) is 3.01. The molecule has 1 aliphatic rings. The van der Waals surface area contributed by atoms with E-state index in [0.717, 1.165) is 5.56 Å². The zero-order valence-corrected chi connectivity index (χ0v) is 10.1. The van der Waals surface area contributed by atoms with Crippen LogP contribution >= 0.6 is 0 Å². The molecular weight excluding hydrogens is 216 g/mol. The first kappa shape index (κ1) is 11.6. The highest BCUT2D eigenvalue weighted by Gasteiger charge is 2.27. The SMILES string of the molecule is Cc1cc(O)c(C(C)C)c2c1C(=O)C(=O)C=C2. The van der Waals surface area contributed by atoms with Crippen LogP contribution in [0.2, 0.25) is 0 Å². The van der Waals surface area contributed by atoms with E-state index in [1.54, 1.807) is 19.1 Å². The van der Waals surface area contributed by atoms with Crippen molar-refractivity contribution in [3.8, 4) is 5.75 Å². The van der Waals surface area contributed by atoms with Crippen molar-refractivity contribution >= 4 is 17.6 Å². The van der Waals surface area contributed by atoms with Crippen LogP contribution in [0, 0.1) is 6.92 Å². The molecule has 88 valence electrons. The van der Waals surface area contributed by atoms with Crippen LogP contribution in [-0.4, -0.2) is 16.7 Å². The monoisotopic (exact) mass is 230 g/mol. The Hall–Kier alpha value is -1.90. The summed E-state index contributed by atoms with van der Waals surface area (Å²) in [7, 11) is 0. The van der Waals surface area contributed by atoms with Crippen molar-refractivity contribution in [3.63, 3.8) is 0 Å². The molecule has 1 aromatic rings. The lowest BCUT2D eigenvalue weighted by atomic mass is 9.84. The maximum Gasteiger partial charge on any atom is 0.233 e. The zero-order valence-electron chi connectivity index (χ0n) is 10.1. The molecule has 0 atom stereocenters. The van der Waals surface area contributed by atoms with Gasteiger partial charge in [0.15, 0.2) is 0 Å². The Bertz CT molecular complexity index is 551. The molecule has 0 amide bonds. The van der Waals surface area contributed by atoms with Crippen LogP contribution in [0.4, 0.5) is 0 Å². The summed E-state index contributed by atoms with van der Waals surface area (Å²) in [6, 6.07) is 1.55. The maximum atomic E-state index is 11.8. The van der Waals surface area contributed by atoms with Gasteiger partial charge in [0.2, 0.25) is 11.6 Å². The van der Waals surface area contributed by atoms with Crippen molar-refractivity contribution < 1.29 is 14.7 Å². The van der Waals surface area contributed by atoms with Crippen LogP contribution in [0.15, 0.2) is 12.1 Å². The van der Waals surface area contributed by atoms with E-state index < -0.39 is 11.6 Å². The molecule has 2 rings (SSSR count). The van der Waals surface area contributed by atoms with E-state index >= 15 is 0 Å². The molecular formula is C14H14O3. The number of fused-ring (bicyclic) bond motifs is 1. The Balaban J connectivity index is 2.83. The molecule has 1 aliphatic carbocycles. The Morgan fingerprint density at radius 1 is 1.18 bits per heavy atom. The number of hydrogen-bond donors (Lipinski definition) is 1. The lowest BCUT2D eigenvalue weighted by Crippen LogP contribution is -2.19. The molecule has 3 heteroatoms. The van der Waals surface area contributed by atoms with Crippen molar-refractivity contribution in [2.45, 2.75) is 26.7 Å². The van der Waals surface area contributed by atoms with Gasteiger partial charge in [-0.2, -0.15) is 0 Å². The molecule has 1 aromatic carbocycles. The fourth-order valence-electron chi connectivity index (χ4n) is 2.28. The summed E-state index contributed by atoms with van der Waals surface area (Å²) in [5.41, 5.74) is 2.48. The number of phenols is 1. The molecule has 1 N–H and O–H groups in total. The Morgan fingerprint density at radius 2 is 1.82 bits per heavy atom. The normalized spacial score (nSPS) is 14.4. The number of phenolic OH excluding ortho intramolecular Hbond substituents is 1. The van der Waals surface area contributed by atoms with E-state index in [1.165, 1.54) is 6.08 Å². The summed E-state index contributed by atoms with van der Waals surface area (Å²) in [6.45, 7) is 5.62. The lowest BCUT2D eigenvalue weighted by Gasteiger charge is -2.19. The van der Waals surface area contributed by atoms with Crippen molar-refractivity contribution in [2.75, 3.05) is 0 Å². The second kappa shape index (κ2) is 3.84. The number of aryl methyl sites for hydroxylation is 1. The van der Waals surface area contributed by atoms with Crippen molar-refractivity contribution in [2.24, 2.45) is 0 Å². The number of rotatable bonds is 1. The second-order valence-corrected chi connectivity index (χ2v) is 4.60. The topological polar surface area (TPSA) is 54.4 Å². The zero-order chi connectivity index (χ0) is 12.7. The van der Waals surface area contributed by atoms with Crippen molar-refractivity contribution in [1.82, 2.24) is 0 Å². The minimum absolute atomic E-state index is 0.0926. The summed E-state index contributed by atoms with van der Waals surface area (Å²) in [6.07, 6.45) is 2.90. The summed E-state index contributed by atoms with van der Waals surface area (Å²) in [5.74, 6) is -0.707. The number of carbonyl (C=O) groups is 2. The van der Waals surface area contributed by atoms with Gasteiger partial charge >= 0.3 is 0 Å². The van der Waals surface area contributed by atoms with Gasteiger partial charge < -0.3 is 5.11 Å². The number of allylic oxidation sites excluding steroid dienone is 1. The fourth-order valence-corrected chi connectivity index (χ4v) is 2.28. The lowest BCUT2D eigenvalue weighted by molar-refractivity contribution is -0.110. The summed E-state index contributed by atoms with van der Waals surface area (Å²) < 4.78 is 0. The predicted molar refractivity (Wildman–Crippen MR) is 65.3 cm³/mol. The first-order valence-corrected chi connectivity index (χ1v) is 5.56. The highest BCUT2D eigenvalue weighted by Crippen LogP contribution is 2.36. The van der Waals surface area contributed by atoms with Crippen LogP contribution in [0.3, 0.4) is 0 Å². The number of Topliss-reactive ketones (excluding diaryl/α,β-unsaturated/α-hetero) is 1. The molecule has 17 heavy (non-hydrogen) atoms. The van der Waals surface area contributed by atoms with Crippen molar-refractivity contribution in [3.05, 3.63) is 34.4 Å². The molecule has 0 bridgehead atoms. The molecule has 0 radical (unpaired) electrons. The fraction of sp³-hybridized carbons (Fsp3) is 0.286. The molecule has 0 saturated heterocycles. The van der Waals surface area contributed by atoms with Gasteiger partial charge in [-0.05, 0) is 42.2 Å². The van der Waals surface area contributed by atoms with E-state index in [4.69, 9.17) is 0 Å². The van der Waals surface area contributed by atoms with Gasteiger partial charge in [-0.25, -0.2) is 0 Å². The van der Waals surface area contributed by atoms with E-state index in [1.807, 2.05) is 13.8 Å². The third-order valence-electron chi connectivity index (χ3n) is 3.01. The molecule has 0 aromatic heterocycles. The number of benzene rings is 1. The number of carbonyl (C=O) groups excluding carboxylic acids is 2. The number of ketones is 2. The first-order valence-electron chi connectivity index (χ1n) is 5.56. The average Bonchev–Trinajstić information content (AvgIpc) is 2.22. The Kier molecular flexibility index (Phi) is 2.62. The van der Waals surface area contributed by atoms with Crippen molar-refractivity contribution in [1.29, 1.82) is 0 Å². The first-order chi connectivity index (χ1) is 7.93. The summed E-state index contributed by atoms with van der Waals surface area (Å²) >= 11 is 0. The molecule has 3 nitrogen and oxygen atoms in total. The highest BCUT2D eigenvalue weighted by molar-refractivity contribution is 6.50. The van der Waals surface area contributed by atoms with Gasteiger partial charge in [-0.1, -0.05) is 13.8 Å². The minimum atomic E-state index is -0.499. The van der Waals surface area contributed by atoms with E-state index in [0.29, 0.717) is 16.7 Å². The molecule has 0 heterocycles. The van der Waals surface area contributed by atoms with Gasteiger partial charge in [-0.15, -0.1) is 0 Å². The van der Waals surface area contributed by atoms with Gasteiger partial charge in [0.25, 0.3) is 0 Å². The quantitative estimate of drug-likeness (QED) is 0.754. The molecule has 0 fully saturated rings. The van der Waals surface area contributed by atoms with Crippen LogP contribution < -0.4 is 0 Å². The van der Waals surface area contributed by atoms with Crippen LogP contribution in [0.5, 0.6) is 5.75 Å². The highest BCUT2D eigenvalue weighted by atomic mass is 16.3. The van der Waals surface area contributed by atoms with Gasteiger partial charge in [-0.3, -0.25) is 9.59 Å². The molecule has 0 spiro atoms. The van der Waals surface area contributed by atoms with Gasteiger partial charge in [0.05, 0.1) is 0 Å². The molecule has 0 aliphatic heterocycles. The van der Waals surface area contributed by atoms with Gasteiger partial charge in [0, 0.05) is 11.1 Å². The third kappa shape index (κ3) is 1.68.